The zero-order valence-electron chi connectivity index (χ0n) is 11.3. The van der Waals surface area contributed by atoms with Crippen LogP contribution in [0.1, 0.15) is 39.5 Å². The normalized spacial score (nSPS) is 22.6. The molecule has 0 aromatic rings. The summed E-state index contributed by atoms with van der Waals surface area (Å²) in [7, 11) is 0. The molecule has 1 fully saturated rings. The molecule has 4 nitrogen and oxygen atoms in total. The van der Waals surface area contributed by atoms with E-state index in [1.165, 1.54) is 12.8 Å². The number of rotatable bonds is 8. The molecule has 1 aliphatic heterocycles. The van der Waals surface area contributed by atoms with Crippen molar-refractivity contribution in [3.05, 3.63) is 0 Å². The van der Waals surface area contributed by atoms with Crippen LogP contribution in [0, 0.1) is 0 Å². The van der Waals surface area contributed by atoms with Gasteiger partial charge < -0.3 is 20.4 Å². The molecule has 0 aromatic carbocycles. The Balaban J connectivity index is 2.22. The van der Waals surface area contributed by atoms with Crippen molar-refractivity contribution < 1.29 is 10.2 Å². The minimum Gasteiger partial charge on any atom is -0.396 e. The Morgan fingerprint density at radius 2 is 2.00 bits per heavy atom. The summed E-state index contributed by atoms with van der Waals surface area (Å²) in [6.07, 6.45) is 3.91. The molecule has 3 N–H and O–H groups in total. The van der Waals surface area contributed by atoms with Crippen molar-refractivity contribution in [1.29, 1.82) is 0 Å². The first-order valence-electron chi connectivity index (χ1n) is 6.86. The van der Waals surface area contributed by atoms with Gasteiger partial charge in [-0.3, -0.25) is 0 Å². The monoisotopic (exact) mass is 244 g/mol. The molecule has 4 heteroatoms. The van der Waals surface area contributed by atoms with Gasteiger partial charge in [-0.25, -0.2) is 0 Å². The molecule has 0 bridgehead atoms. The van der Waals surface area contributed by atoms with Crippen molar-refractivity contribution >= 4 is 0 Å². The molecule has 0 radical (unpaired) electrons. The molecule has 0 saturated carbocycles. The number of hydrogen-bond donors (Lipinski definition) is 3. The first kappa shape index (κ1) is 14.9. The van der Waals surface area contributed by atoms with E-state index in [4.69, 9.17) is 5.11 Å². The van der Waals surface area contributed by atoms with Gasteiger partial charge in [0.25, 0.3) is 0 Å². The number of nitrogens with one attached hydrogen (secondary N) is 1. The molecule has 0 aliphatic carbocycles. The van der Waals surface area contributed by atoms with Crippen LogP contribution < -0.4 is 5.32 Å². The molecule has 2 unspecified atom stereocenters. The lowest BCUT2D eigenvalue weighted by molar-refractivity contribution is 0.108. The van der Waals surface area contributed by atoms with E-state index in [-0.39, 0.29) is 18.2 Å². The summed E-state index contributed by atoms with van der Waals surface area (Å²) in [5.41, 5.74) is -0.0548. The quantitative estimate of drug-likeness (QED) is 0.585. The number of nitrogens with zero attached hydrogens (tertiary/aromatic N) is 1. The minimum absolute atomic E-state index is 0.0548. The van der Waals surface area contributed by atoms with Gasteiger partial charge >= 0.3 is 0 Å². The third-order valence-electron chi connectivity index (χ3n) is 3.88. The lowest BCUT2D eigenvalue weighted by atomic mass is 9.95. The third kappa shape index (κ3) is 5.34. The largest absolute Gasteiger partial charge is 0.396 e. The summed E-state index contributed by atoms with van der Waals surface area (Å²) in [5.74, 6) is 0. The van der Waals surface area contributed by atoms with Crippen LogP contribution in [0.3, 0.4) is 0 Å². The van der Waals surface area contributed by atoms with E-state index in [1.807, 2.05) is 0 Å². The van der Waals surface area contributed by atoms with Crippen LogP contribution in [0.4, 0.5) is 0 Å². The highest BCUT2D eigenvalue weighted by Crippen LogP contribution is 2.14. The SMILES string of the molecule is CCC(C)(CCO)NCC(O)CN1CCCC1. The van der Waals surface area contributed by atoms with Gasteiger partial charge in [0.15, 0.2) is 0 Å². The van der Waals surface area contributed by atoms with Gasteiger partial charge in [0.2, 0.25) is 0 Å². The smallest absolute Gasteiger partial charge is 0.0791 e. The van der Waals surface area contributed by atoms with Crippen LogP contribution in [0.25, 0.3) is 0 Å². The zero-order valence-corrected chi connectivity index (χ0v) is 11.3. The van der Waals surface area contributed by atoms with Crippen molar-refractivity contribution in [2.75, 3.05) is 32.8 Å². The lowest BCUT2D eigenvalue weighted by Gasteiger charge is -2.31. The summed E-state index contributed by atoms with van der Waals surface area (Å²) in [5, 5.41) is 22.4. The topological polar surface area (TPSA) is 55.7 Å². The molecular weight excluding hydrogens is 216 g/mol. The first-order chi connectivity index (χ1) is 8.09. The summed E-state index contributed by atoms with van der Waals surface area (Å²) < 4.78 is 0. The van der Waals surface area contributed by atoms with Crippen molar-refractivity contribution in [3.8, 4) is 0 Å². The number of aliphatic hydroxyl groups excluding tert-OH is 2. The van der Waals surface area contributed by atoms with E-state index < -0.39 is 0 Å². The highest BCUT2D eigenvalue weighted by molar-refractivity contribution is 4.83. The van der Waals surface area contributed by atoms with Crippen molar-refractivity contribution in [1.82, 2.24) is 10.2 Å². The molecule has 1 aliphatic rings. The van der Waals surface area contributed by atoms with Gasteiger partial charge in [-0.05, 0) is 45.7 Å². The van der Waals surface area contributed by atoms with Crippen LogP contribution in [0.2, 0.25) is 0 Å². The number of likely N-dealkylation sites (tertiary alicyclic amines) is 1. The second-order valence-electron chi connectivity index (χ2n) is 5.43. The van der Waals surface area contributed by atoms with Crippen molar-refractivity contribution in [2.24, 2.45) is 0 Å². The van der Waals surface area contributed by atoms with Crippen molar-refractivity contribution in [2.45, 2.75) is 51.2 Å². The van der Waals surface area contributed by atoms with E-state index >= 15 is 0 Å². The first-order valence-corrected chi connectivity index (χ1v) is 6.86. The Morgan fingerprint density at radius 3 is 2.53 bits per heavy atom. The third-order valence-corrected chi connectivity index (χ3v) is 3.88. The van der Waals surface area contributed by atoms with Gasteiger partial charge in [-0.1, -0.05) is 6.92 Å². The van der Waals surface area contributed by atoms with Gasteiger partial charge in [0.1, 0.15) is 0 Å². The average Bonchev–Trinajstić information content (AvgIpc) is 2.80. The van der Waals surface area contributed by atoms with Gasteiger partial charge in [0, 0.05) is 25.2 Å². The summed E-state index contributed by atoms with van der Waals surface area (Å²) in [6, 6.07) is 0. The minimum atomic E-state index is -0.308. The highest BCUT2D eigenvalue weighted by Gasteiger charge is 2.22. The Labute approximate surface area is 105 Å². The molecule has 0 aromatic heterocycles. The Hall–Kier alpha value is -0.160. The molecule has 1 saturated heterocycles. The molecule has 2 atom stereocenters. The molecule has 102 valence electrons. The Bertz CT molecular complexity index is 208. The maximum Gasteiger partial charge on any atom is 0.0791 e. The van der Waals surface area contributed by atoms with Crippen LogP contribution >= 0.6 is 0 Å². The number of β-amino-alcohol motifs (C(OH)–C–C–N with tert-alkyl or cyclic N) is 1. The van der Waals surface area contributed by atoms with E-state index in [9.17, 15) is 5.11 Å². The van der Waals surface area contributed by atoms with Gasteiger partial charge in [-0.2, -0.15) is 0 Å². The molecule has 1 heterocycles. The lowest BCUT2D eigenvalue weighted by Crippen LogP contribution is -2.48. The van der Waals surface area contributed by atoms with Crippen LogP contribution in [0.5, 0.6) is 0 Å². The van der Waals surface area contributed by atoms with E-state index in [0.29, 0.717) is 6.54 Å². The van der Waals surface area contributed by atoms with Crippen LogP contribution in [-0.2, 0) is 0 Å². The fourth-order valence-corrected chi connectivity index (χ4v) is 2.33. The van der Waals surface area contributed by atoms with Gasteiger partial charge in [0.05, 0.1) is 6.10 Å². The van der Waals surface area contributed by atoms with Gasteiger partial charge in [-0.15, -0.1) is 0 Å². The average molecular weight is 244 g/mol. The Morgan fingerprint density at radius 1 is 1.35 bits per heavy atom. The number of aliphatic hydroxyl groups is 2. The molecule has 0 amide bonds. The van der Waals surface area contributed by atoms with Crippen molar-refractivity contribution in [3.63, 3.8) is 0 Å². The maximum absolute atomic E-state index is 9.97. The fraction of sp³-hybridized carbons (Fsp3) is 1.00. The molecule has 1 rings (SSSR count). The van der Waals surface area contributed by atoms with E-state index in [1.54, 1.807) is 0 Å². The standard InChI is InChI=1S/C13H28N2O2/c1-3-13(2,6-9-16)14-10-12(17)11-15-7-4-5-8-15/h12,14,16-17H,3-11H2,1-2H3. The summed E-state index contributed by atoms with van der Waals surface area (Å²) in [4.78, 5) is 2.32. The Kier molecular flexibility index (Phi) is 6.41. The summed E-state index contributed by atoms with van der Waals surface area (Å²) >= 11 is 0. The van der Waals surface area contributed by atoms with Crippen LogP contribution in [0.15, 0.2) is 0 Å². The maximum atomic E-state index is 9.97. The predicted octanol–water partition coefficient (Wildman–Crippen LogP) is 0.584. The molecular formula is C13H28N2O2. The summed E-state index contributed by atoms with van der Waals surface area (Å²) in [6.45, 7) is 8.03. The predicted molar refractivity (Wildman–Crippen MR) is 70.1 cm³/mol. The van der Waals surface area contributed by atoms with Crippen LogP contribution in [-0.4, -0.2) is 59.5 Å². The van der Waals surface area contributed by atoms with E-state index in [2.05, 4.69) is 24.1 Å². The molecule has 0 spiro atoms. The zero-order chi connectivity index (χ0) is 12.7. The number of hydrogen-bond acceptors (Lipinski definition) is 4. The fourth-order valence-electron chi connectivity index (χ4n) is 2.33. The van der Waals surface area contributed by atoms with E-state index in [0.717, 1.165) is 32.5 Å². The second kappa shape index (κ2) is 7.31. The second-order valence-corrected chi connectivity index (χ2v) is 5.43. The molecule has 17 heavy (non-hydrogen) atoms. The highest BCUT2D eigenvalue weighted by atomic mass is 16.3.